The summed E-state index contributed by atoms with van der Waals surface area (Å²) in [6.07, 6.45) is -15.2. The number of aliphatic hydroxyl groups is 1. The summed E-state index contributed by atoms with van der Waals surface area (Å²) in [4.78, 5) is 8.24. The Hall–Kier alpha value is -3.75. The van der Waals surface area contributed by atoms with Crippen molar-refractivity contribution in [2.24, 2.45) is 5.92 Å². The third-order valence-corrected chi connectivity index (χ3v) is 5.32. The second-order valence-corrected chi connectivity index (χ2v) is 8.60. The number of aromatic nitrogens is 2. The number of anilines is 3. The summed E-state index contributed by atoms with van der Waals surface area (Å²) in [5.74, 6) is -1.31. The van der Waals surface area contributed by atoms with Gasteiger partial charge in [0.2, 0.25) is 5.95 Å². The molecular weight excluding hydrogens is 547 g/mol. The number of rotatable bonds is 8. The van der Waals surface area contributed by atoms with Gasteiger partial charge in [-0.3, -0.25) is 0 Å². The van der Waals surface area contributed by atoms with Crippen molar-refractivity contribution in [2.75, 3.05) is 17.2 Å². The first-order valence-corrected chi connectivity index (χ1v) is 11.1. The van der Waals surface area contributed by atoms with Crippen LogP contribution in [0.25, 0.3) is 11.3 Å². The van der Waals surface area contributed by atoms with Crippen LogP contribution < -0.4 is 15.4 Å². The molecule has 212 valence electrons. The zero-order chi connectivity index (χ0) is 29.2. The van der Waals surface area contributed by atoms with Gasteiger partial charge in [-0.05, 0) is 36.2 Å². The maximum atomic E-state index is 13.6. The van der Waals surface area contributed by atoms with Gasteiger partial charge in [0.05, 0.1) is 35.2 Å². The van der Waals surface area contributed by atoms with E-state index >= 15 is 0 Å². The maximum Gasteiger partial charge on any atom is 0.573 e. The Morgan fingerprint density at radius 2 is 1.56 bits per heavy atom. The van der Waals surface area contributed by atoms with Crippen LogP contribution in [0.4, 0.5) is 57.0 Å². The van der Waals surface area contributed by atoms with E-state index in [-0.39, 0.29) is 41.6 Å². The third-order valence-electron chi connectivity index (χ3n) is 5.32. The van der Waals surface area contributed by atoms with Crippen LogP contribution in [-0.2, 0) is 12.4 Å². The number of halogens is 9. The Kier molecular flexibility index (Phi) is 8.53. The van der Waals surface area contributed by atoms with E-state index in [9.17, 15) is 44.6 Å². The average molecular weight is 568 g/mol. The van der Waals surface area contributed by atoms with E-state index in [0.29, 0.717) is 12.1 Å². The number of aliphatic hydroxyl groups excluding tert-OH is 1. The van der Waals surface area contributed by atoms with Crippen LogP contribution in [0.15, 0.2) is 48.5 Å². The molecule has 1 atom stereocenters. The lowest BCUT2D eigenvalue weighted by Crippen LogP contribution is -2.30. The first kappa shape index (κ1) is 29.8. The molecular formula is C24H21F9N4O2. The molecule has 3 rings (SSSR count). The number of alkyl halides is 9. The minimum absolute atomic E-state index is 0.0535. The van der Waals surface area contributed by atoms with Crippen molar-refractivity contribution in [3.05, 3.63) is 59.7 Å². The molecule has 0 fully saturated rings. The molecule has 0 radical (unpaired) electrons. The second-order valence-electron chi connectivity index (χ2n) is 8.60. The van der Waals surface area contributed by atoms with Gasteiger partial charge in [-0.2, -0.15) is 31.3 Å². The van der Waals surface area contributed by atoms with E-state index in [0.717, 1.165) is 18.2 Å². The summed E-state index contributed by atoms with van der Waals surface area (Å²) < 4.78 is 122. The van der Waals surface area contributed by atoms with Crippen LogP contribution in [0, 0.1) is 5.92 Å². The molecule has 2 aromatic carbocycles. The number of nitrogens with one attached hydrogen (secondary N) is 2. The average Bonchev–Trinajstić information content (AvgIpc) is 2.80. The van der Waals surface area contributed by atoms with Crippen LogP contribution in [0.3, 0.4) is 0 Å². The van der Waals surface area contributed by atoms with Gasteiger partial charge >= 0.3 is 18.7 Å². The summed E-state index contributed by atoms with van der Waals surface area (Å²) in [6, 6.07) is 6.04. The molecule has 0 saturated carbocycles. The highest BCUT2D eigenvalue weighted by molar-refractivity contribution is 5.70. The first-order valence-electron chi connectivity index (χ1n) is 11.1. The van der Waals surface area contributed by atoms with Crippen molar-refractivity contribution in [2.45, 2.75) is 38.6 Å². The van der Waals surface area contributed by atoms with E-state index < -0.39 is 47.3 Å². The van der Waals surface area contributed by atoms with E-state index in [2.05, 4.69) is 25.3 Å². The summed E-state index contributed by atoms with van der Waals surface area (Å²) in [7, 11) is 0. The highest BCUT2D eigenvalue weighted by Gasteiger charge is 2.38. The standard InChI is InChI=1S/C24H21F9N4O2/c1-12(2)19(11-38)36-21-35-18(13-4-3-5-15(8-13)39-24(31,32)33)10-20(37-21)34-17-7-6-14(22(25,26)27)9-16(17)23(28,29)30/h3-10,12,19,38H,11H2,1-2H3,(H2,34,35,36,37)/t19-/m0/s1. The molecule has 0 saturated heterocycles. The number of hydrogen-bond donors (Lipinski definition) is 3. The fourth-order valence-electron chi connectivity index (χ4n) is 3.37. The van der Waals surface area contributed by atoms with Crippen LogP contribution in [0.5, 0.6) is 5.75 Å². The predicted octanol–water partition coefficient (Wildman–Crippen LogP) is 7.25. The van der Waals surface area contributed by atoms with E-state index in [1.54, 1.807) is 13.8 Å². The number of nitrogens with zero attached hydrogens (tertiary/aromatic N) is 2. The fourth-order valence-corrected chi connectivity index (χ4v) is 3.37. The first-order chi connectivity index (χ1) is 18.0. The number of hydrogen-bond acceptors (Lipinski definition) is 6. The minimum Gasteiger partial charge on any atom is -0.406 e. The molecule has 0 spiro atoms. The zero-order valence-corrected chi connectivity index (χ0v) is 20.1. The van der Waals surface area contributed by atoms with Gasteiger partial charge in [-0.1, -0.05) is 26.0 Å². The van der Waals surface area contributed by atoms with Gasteiger partial charge in [0.1, 0.15) is 11.6 Å². The zero-order valence-electron chi connectivity index (χ0n) is 20.1. The van der Waals surface area contributed by atoms with Crippen LogP contribution in [0.1, 0.15) is 25.0 Å². The van der Waals surface area contributed by atoms with Crippen molar-refractivity contribution in [1.82, 2.24) is 9.97 Å². The molecule has 0 amide bonds. The molecule has 0 aliphatic rings. The molecule has 6 nitrogen and oxygen atoms in total. The Labute approximate surface area is 215 Å². The summed E-state index contributed by atoms with van der Waals surface area (Å²) in [5.41, 5.74) is -3.91. The molecule has 1 aromatic heterocycles. The molecule has 0 aliphatic heterocycles. The van der Waals surface area contributed by atoms with Crippen molar-refractivity contribution in [3.63, 3.8) is 0 Å². The van der Waals surface area contributed by atoms with Crippen molar-refractivity contribution >= 4 is 17.5 Å². The topological polar surface area (TPSA) is 79.3 Å². The molecule has 0 bridgehead atoms. The summed E-state index contributed by atoms with van der Waals surface area (Å²) in [5, 5.41) is 14.8. The maximum absolute atomic E-state index is 13.6. The smallest absolute Gasteiger partial charge is 0.406 e. The quantitative estimate of drug-likeness (QED) is 0.249. The van der Waals surface area contributed by atoms with Gasteiger partial charge < -0.3 is 20.5 Å². The van der Waals surface area contributed by atoms with Gasteiger partial charge in [-0.15, -0.1) is 13.2 Å². The Morgan fingerprint density at radius 1 is 0.872 bits per heavy atom. The van der Waals surface area contributed by atoms with Crippen LogP contribution in [-0.4, -0.2) is 34.1 Å². The Bertz CT molecular complexity index is 1290. The summed E-state index contributed by atoms with van der Waals surface area (Å²) in [6.45, 7) is 3.10. The lowest BCUT2D eigenvalue weighted by molar-refractivity contribution is -0.274. The number of benzene rings is 2. The lowest BCUT2D eigenvalue weighted by Gasteiger charge is -2.21. The van der Waals surface area contributed by atoms with Crippen molar-refractivity contribution in [3.8, 4) is 17.0 Å². The molecule has 3 N–H and O–H groups in total. The molecule has 0 aliphatic carbocycles. The number of ether oxygens (including phenoxy) is 1. The Balaban J connectivity index is 2.11. The third kappa shape index (κ3) is 8.12. The Morgan fingerprint density at radius 3 is 2.13 bits per heavy atom. The van der Waals surface area contributed by atoms with Gasteiger partial charge in [0.25, 0.3) is 0 Å². The SMILES string of the molecule is CC(C)[C@H](CO)Nc1nc(Nc2ccc(C(F)(F)F)cc2C(F)(F)F)cc(-c2cccc(OC(F)(F)F)c2)n1. The lowest BCUT2D eigenvalue weighted by atomic mass is 10.1. The fraction of sp³-hybridized carbons (Fsp3) is 0.333. The van der Waals surface area contributed by atoms with Crippen molar-refractivity contribution in [1.29, 1.82) is 0 Å². The predicted molar refractivity (Wildman–Crippen MR) is 123 cm³/mol. The highest BCUT2D eigenvalue weighted by atomic mass is 19.4. The van der Waals surface area contributed by atoms with Crippen LogP contribution in [0.2, 0.25) is 0 Å². The molecule has 39 heavy (non-hydrogen) atoms. The largest absolute Gasteiger partial charge is 0.573 e. The normalized spacial score (nSPS) is 13.4. The summed E-state index contributed by atoms with van der Waals surface area (Å²) >= 11 is 0. The van der Waals surface area contributed by atoms with Crippen LogP contribution >= 0.6 is 0 Å². The van der Waals surface area contributed by atoms with Gasteiger partial charge in [-0.25, -0.2) is 4.98 Å². The van der Waals surface area contributed by atoms with Crippen molar-refractivity contribution < 1.29 is 49.4 Å². The van der Waals surface area contributed by atoms with Gasteiger partial charge in [0.15, 0.2) is 0 Å². The molecule has 0 unspecified atom stereocenters. The van der Waals surface area contributed by atoms with Gasteiger partial charge in [0, 0.05) is 11.6 Å². The molecule has 15 heteroatoms. The molecule has 3 aromatic rings. The highest BCUT2D eigenvalue weighted by Crippen LogP contribution is 2.40. The molecule has 1 heterocycles. The monoisotopic (exact) mass is 568 g/mol. The van der Waals surface area contributed by atoms with E-state index in [1.165, 1.54) is 12.1 Å². The second kappa shape index (κ2) is 11.2. The van der Waals surface area contributed by atoms with E-state index in [1.807, 2.05) is 0 Å². The van der Waals surface area contributed by atoms with E-state index in [4.69, 9.17) is 0 Å². The minimum atomic E-state index is -5.18.